The van der Waals surface area contributed by atoms with E-state index in [1.54, 1.807) is 18.1 Å². The van der Waals surface area contributed by atoms with Crippen LogP contribution in [0.3, 0.4) is 0 Å². The van der Waals surface area contributed by atoms with Crippen molar-refractivity contribution in [3.63, 3.8) is 0 Å². The fraction of sp³-hybridized carbons (Fsp3) is 0.700. The maximum atomic E-state index is 9.05. The number of nitrogens with zero attached hydrogens (tertiary/aromatic N) is 4. The highest BCUT2D eigenvalue weighted by atomic mass is 32.2. The molecule has 0 radical (unpaired) electrons. The highest BCUT2D eigenvalue weighted by Crippen LogP contribution is 2.36. The predicted octanol–water partition coefficient (Wildman–Crippen LogP) is 1.99. The maximum Gasteiger partial charge on any atom is 0.191 e. The van der Waals surface area contributed by atoms with Crippen LogP contribution in [0.25, 0.3) is 0 Å². The van der Waals surface area contributed by atoms with E-state index in [0.29, 0.717) is 5.25 Å². The Labute approximate surface area is 93.7 Å². The summed E-state index contributed by atoms with van der Waals surface area (Å²) < 4.78 is 1.91. The fourth-order valence-electron chi connectivity index (χ4n) is 1.90. The summed E-state index contributed by atoms with van der Waals surface area (Å²) in [6, 6.07) is 2.41. The summed E-state index contributed by atoms with van der Waals surface area (Å²) in [4.78, 5) is 0. The van der Waals surface area contributed by atoms with Gasteiger partial charge in [-0.05, 0) is 12.8 Å². The van der Waals surface area contributed by atoms with Gasteiger partial charge in [-0.25, -0.2) is 0 Å². The molecule has 0 bridgehead atoms. The molecule has 1 saturated carbocycles. The van der Waals surface area contributed by atoms with Crippen LogP contribution in [0.15, 0.2) is 11.5 Å². The molecule has 15 heavy (non-hydrogen) atoms. The largest absolute Gasteiger partial charge is 0.312 e. The van der Waals surface area contributed by atoms with E-state index in [-0.39, 0.29) is 5.92 Å². The summed E-state index contributed by atoms with van der Waals surface area (Å²) >= 11 is 1.70. The van der Waals surface area contributed by atoms with Gasteiger partial charge in [0.1, 0.15) is 6.33 Å². The molecular weight excluding hydrogens is 208 g/mol. The van der Waals surface area contributed by atoms with Crippen LogP contribution in [-0.2, 0) is 7.05 Å². The van der Waals surface area contributed by atoms with Crippen molar-refractivity contribution < 1.29 is 0 Å². The first-order valence-electron chi connectivity index (χ1n) is 5.21. The molecule has 0 amide bonds. The quantitative estimate of drug-likeness (QED) is 0.768. The Balaban J connectivity index is 2.04. The number of thioether (sulfide) groups is 1. The Morgan fingerprint density at radius 3 is 3.00 bits per heavy atom. The van der Waals surface area contributed by atoms with E-state index in [4.69, 9.17) is 5.26 Å². The molecule has 0 saturated heterocycles. The molecule has 1 aromatic heterocycles. The van der Waals surface area contributed by atoms with Gasteiger partial charge in [0.05, 0.1) is 12.0 Å². The van der Waals surface area contributed by atoms with Crippen LogP contribution in [0.1, 0.15) is 25.7 Å². The number of aromatic nitrogens is 3. The van der Waals surface area contributed by atoms with Gasteiger partial charge in [0.2, 0.25) is 0 Å². The zero-order chi connectivity index (χ0) is 10.7. The lowest BCUT2D eigenvalue weighted by Gasteiger charge is -2.25. The average molecular weight is 222 g/mol. The highest BCUT2D eigenvalue weighted by Gasteiger charge is 2.26. The summed E-state index contributed by atoms with van der Waals surface area (Å²) in [5.74, 6) is 0.181. The van der Waals surface area contributed by atoms with Crippen molar-refractivity contribution in [2.75, 3.05) is 0 Å². The molecule has 2 unspecified atom stereocenters. The predicted molar refractivity (Wildman–Crippen MR) is 58.2 cm³/mol. The van der Waals surface area contributed by atoms with Crippen molar-refractivity contribution in [2.24, 2.45) is 13.0 Å². The molecule has 2 atom stereocenters. The summed E-state index contributed by atoms with van der Waals surface area (Å²) in [6.45, 7) is 0. The van der Waals surface area contributed by atoms with Crippen LogP contribution in [0.5, 0.6) is 0 Å². The molecule has 1 aliphatic carbocycles. The van der Waals surface area contributed by atoms with Gasteiger partial charge in [-0.1, -0.05) is 24.6 Å². The molecule has 0 spiro atoms. The highest BCUT2D eigenvalue weighted by molar-refractivity contribution is 7.99. The van der Waals surface area contributed by atoms with E-state index in [0.717, 1.165) is 18.0 Å². The van der Waals surface area contributed by atoms with Crippen molar-refractivity contribution in [3.05, 3.63) is 6.33 Å². The summed E-state index contributed by atoms with van der Waals surface area (Å²) in [7, 11) is 1.94. The van der Waals surface area contributed by atoms with Gasteiger partial charge in [-0.2, -0.15) is 5.26 Å². The van der Waals surface area contributed by atoms with Crippen LogP contribution in [0.2, 0.25) is 0 Å². The number of rotatable bonds is 2. The molecule has 0 aliphatic heterocycles. The molecule has 0 N–H and O–H groups in total. The van der Waals surface area contributed by atoms with Gasteiger partial charge in [0.15, 0.2) is 5.16 Å². The molecule has 4 nitrogen and oxygen atoms in total. The molecule has 1 aromatic rings. The third-order valence-corrected chi connectivity index (χ3v) is 4.24. The summed E-state index contributed by atoms with van der Waals surface area (Å²) in [6.07, 6.45) is 6.27. The van der Waals surface area contributed by atoms with Crippen LogP contribution in [0, 0.1) is 17.2 Å². The minimum absolute atomic E-state index is 0.181. The van der Waals surface area contributed by atoms with Gasteiger partial charge >= 0.3 is 0 Å². The molecule has 5 heteroatoms. The molecule has 1 heterocycles. The number of nitriles is 1. The molecule has 0 aromatic carbocycles. The lowest BCUT2D eigenvalue weighted by Crippen LogP contribution is -2.20. The van der Waals surface area contributed by atoms with Gasteiger partial charge in [-0.15, -0.1) is 10.2 Å². The van der Waals surface area contributed by atoms with Gasteiger partial charge in [0, 0.05) is 12.3 Å². The van der Waals surface area contributed by atoms with E-state index >= 15 is 0 Å². The van der Waals surface area contributed by atoms with Crippen molar-refractivity contribution in [1.82, 2.24) is 14.8 Å². The second kappa shape index (κ2) is 4.67. The maximum absolute atomic E-state index is 9.05. The fourth-order valence-corrected chi connectivity index (χ4v) is 3.12. The van der Waals surface area contributed by atoms with Gasteiger partial charge < -0.3 is 4.57 Å². The van der Waals surface area contributed by atoms with Crippen LogP contribution in [0.4, 0.5) is 0 Å². The van der Waals surface area contributed by atoms with E-state index < -0.39 is 0 Å². The first-order valence-corrected chi connectivity index (χ1v) is 6.09. The number of aryl methyl sites for hydroxylation is 1. The zero-order valence-corrected chi connectivity index (χ0v) is 9.57. The molecular formula is C10H14N4S. The van der Waals surface area contributed by atoms with Gasteiger partial charge in [-0.3, -0.25) is 0 Å². The smallest absolute Gasteiger partial charge is 0.191 e. The Kier molecular flexibility index (Phi) is 3.27. The van der Waals surface area contributed by atoms with Crippen LogP contribution in [-0.4, -0.2) is 20.0 Å². The normalized spacial score (nSPS) is 26.1. The van der Waals surface area contributed by atoms with Gasteiger partial charge in [0.25, 0.3) is 0 Å². The lowest BCUT2D eigenvalue weighted by atomic mass is 9.90. The minimum Gasteiger partial charge on any atom is -0.312 e. The first-order chi connectivity index (χ1) is 7.31. The van der Waals surface area contributed by atoms with E-state index in [2.05, 4.69) is 16.3 Å². The van der Waals surface area contributed by atoms with Crippen molar-refractivity contribution >= 4 is 11.8 Å². The third-order valence-electron chi connectivity index (χ3n) is 2.80. The lowest BCUT2D eigenvalue weighted by molar-refractivity contribution is 0.438. The second-order valence-corrected chi connectivity index (χ2v) is 5.11. The zero-order valence-electron chi connectivity index (χ0n) is 8.76. The van der Waals surface area contributed by atoms with E-state index in [9.17, 15) is 0 Å². The standard InChI is InChI=1S/C10H14N4S/c1-14-7-12-13-10(14)15-9-5-3-2-4-8(9)6-11/h7-9H,2-5H2,1H3. The monoisotopic (exact) mass is 222 g/mol. The third kappa shape index (κ3) is 2.32. The molecule has 80 valence electrons. The Morgan fingerprint density at radius 2 is 2.33 bits per heavy atom. The topological polar surface area (TPSA) is 54.5 Å². The summed E-state index contributed by atoms with van der Waals surface area (Å²) in [5, 5.41) is 18.3. The Bertz CT molecular complexity index is 368. The Morgan fingerprint density at radius 1 is 1.53 bits per heavy atom. The van der Waals surface area contributed by atoms with Crippen molar-refractivity contribution in [1.29, 1.82) is 5.26 Å². The minimum atomic E-state index is 0.181. The van der Waals surface area contributed by atoms with Crippen LogP contribution < -0.4 is 0 Å². The van der Waals surface area contributed by atoms with Crippen molar-refractivity contribution in [2.45, 2.75) is 36.1 Å². The average Bonchev–Trinajstić information content (AvgIpc) is 2.65. The summed E-state index contributed by atoms with van der Waals surface area (Å²) in [5.41, 5.74) is 0. The molecule has 1 aliphatic rings. The molecule has 2 rings (SSSR count). The van der Waals surface area contributed by atoms with E-state index in [1.807, 2.05) is 11.6 Å². The molecule has 1 fully saturated rings. The SMILES string of the molecule is Cn1cnnc1SC1CCCCC1C#N. The number of hydrogen-bond acceptors (Lipinski definition) is 4. The number of hydrogen-bond donors (Lipinski definition) is 0. The second-order valence-electron chi connectivity index (χ2n) is 3.90. The first kappa shape index (κ1) is 10.5. The van der Waals surface area contributed by atoms with E-state index in [1.165, 1.54) is 12.8 Å². The Hall–Kier alpha value is -1.02. The van der Waals surface area contributed by atoms with Crippen molar-refractivity contribution in [3.8, 4) is 6.07 Å². The van der Waals surface area contributed by atoms with Crippen LogP contribution >= 0.6 is 11.8 Å².